The van der Waals surface area contributed by atoms with Crippen molar-refractivity contribution in [2.24, 2.45) is 11.0 Å². The molecule has 238 valence electrons. The maximum Gasteiger partial charge on any atom is 0.343 e. The highest BCUT2D eigenvalue weighted by molar-refractivity contribution is 7.17. The molecule has 1 aliphatic rings. The summed E-state index contributed by atoms with van der Waals surface area (Å²) in [6, 6.07) is 11.4. The Morgan fingerprint density at radius 3 is 2.51 bits per heavy atom. The van der Waals surface area contributed by atoms with E-state index in [0.717, 1.165) is 36.1 Å². The number of hydrazone groups is 1. The zero-order valence-electron chi connectivity index (χ0n) is 25.8. The summed E-state index contributed by atoms with van der Waals surface area (Å²) < 4.78 is 21.7. The summed E-state index contributed by atoms with van der Waals surface area (Å²) >= 11 is 1.29. The van der Waals surface area contributed by atoms with Crippen LogP contribution in [0.3, 0.4) is 0 Å². The molecular weight excluding hydrogens is 598 g/mol. The van der Waals surface area contributed by atoms with E-state index in [1.807, 2.05) is 0 Å². The molecule has 1 atom stereocenters. The van der Waals surface area contributed by atoms with Crippen LogP contribution in [-0.4, -0.2) is 50.3 Å². The van der Waals surface area contributed by atoms with Gasteiger partial charge in [0.25, 0.3) is 0 Å². The van der Waals surface area contributed by atoms with Gasteiger partial charge >= 0.3 is 23.8 Å². The van der Waals surface area contributed by atoms with Gasteiger partial charge in [-0.25, -0.2) is 15.0 Å². The molecule has 2 N–H and O–H groups in total. The van der Waals surface area contributed by atoms with Crippen molar-refractivity contribution in [2.75, 3.05) is 25.6 Å². The normalized spacial score (nSPS) is 13.9. The van der Waals surface area contributed by atoms with Crippen LogP contribution >= 0.6 is 11.3 Å². The molecule has 0 spiro atoms. The summed E-state index contributed by atoms with van der Waals surface area (Å²) in [7, 11) is 1.43. The van der Waals surface area contributed by atoms with Gasteiger partial charge in [-0.2, -0.15) is 5.10 Å². The number of carbonyl (C=O) groups is 4. The Bertz CT molecular complexity index is 1560. The second kappa shape index (κ2) is 15.8. The van der Waals surface area contributed by atoms with Crippen LogP contribution in [-0.2, 0) is 27.2 Å². The van der Waals surface area contributed by atoms with Crippen LogP contribution in [0, 0.1) is 5.92 Å². The molecule has 1 aliphatic carbocycles. The standard InChI is InChI=1S/C33H37N3O8S/c1-5-7-16-43-23-12-10-22(11-13-23)32(39)44-25-15-9-21(18-26(25)41-4)19-34-36-30(38)29(37)35-31-28(33(40)42-6-2)24-14-8-20(3)17-27(24)45-31/h9-13,15,18-20H,5-8,14,16-17H2,1-4H3,(H,35,37)(H,36,38)/b34-19-/t20-/m1/s1. The molecule has 0 aliphatic heterocycles. The van der Waals surface area contributed by atoms with Gasteiger partial charge in [-0.15, -0.1) is 11.3 Å². The molecule has 0 radical (unpaired) electrons. The van der Waals surface area contributed by atoms with Crippen LogP contribution in [0.25, 0.3) is 0 Å². The Kier molecular flexibility index (Phi) is 11.7. The summed E-state index contributed by atoms with van der Waals surface area (Å²) in [5.41, 5.74) is 4.23. The largest absolute Gasteiger partial charge is 0.494 e. The number of esters is 2. The summed E-state index contributed by atoms with van der Waals surface area (Å²) in [5, 5.41) is 6.72. The molecule has 0 saturated carbocycles. The minimum atomic E-state index is -1.01. The fourth-order valence-electron chi connectivity index (χ4n) is 4.66. The lowest BCUT2D eigenvalue weighted by Crippen LogP contribution is -2.32. The van der Waals surface area contributed by atoms with Crippen LogP contribution in [0.5, 0.6) is 17.2 Å². The monoisotopic (exact) mass is 635 g/mol. The van der Waals surface area contributed by atoms with Crippen LogP contribution in [0.2, 0.25) is 0 Å². The highest BCUT2D eigenvalue weighted by Crippen LogP contribution is 2.40. The first kappa shape index (κ1) is 33.2. The van der Waals surface area contributed by atoms with Gasteiger partial charge in [0.05, 0.1) is 37.7 Å². The van der Waals surface area contributed by atoms with E-state index >= 15 is 0 Å². The fraction of sp³-hybridized carbons (Fsp3) is 0.364. The van der Waals surface area contributed by atoms with Crippen molar-refractivity contribution in [3.05, 3.63) is 69.6 Å². The Labute approximate surface area is 265 Å². The smallest absolute Gasteiger partial charge is 0.343 e. The quantitative estimate of drug-likeness (QED) is 0.0660. The zero-order valence-corrected chi connectivity index (χ0v) is 26.6. The minimum Gasteiger partial charge on any atom is -0.494 e. The molecule has 1 heterocycles. The lowest BCUT2D eigenvalue weighted by Gasteiger charge is -2.18. The van der Waals surface area contributed by atoms with E-state index in [9.17, 15) is 19.2 Å². The molecule has 0 unspecified atom stereocenters. The van der Waals surface area contributed by atoms with Gasteiger partial charge in [-0.1, -0.05) is 20.3 Å². The summed E-state index contributed by atoms with van der Waals surface area (Å²) in [5.74, 6) is -1.49. The van der Waals surface area contributed by atoms with E-state index in [-0.39, 0.29) is 18.1 Å². The number of benzene rings is 2. The van der Waals surface area contributed by atoms with Crippen molar-refractivity contribution in [2.45, 2.75) is 52.9 Å². The van der Waals surface area contributed by atoms with E-state index in [1.54, 1.807) is 43.3 Å². The molecule has 0 saturated heterocycles. The van der Waals surface area contributed by atoms with Crippen LogP contribution < -0.4 is 25.0 Å². The predicted molar refractivity (Wildman–Crippen MR) is 171 cm³/mol. The molecule has 3 aromatic rings. The van der Waals surface area contributed by atoms with Crippen molar-refractivity contribution in [3.63, 3.8) is 0 Å². The number of hydrogen-bond donors (Lipinski definition) is 2. The predicted octanol–water partition coefficient (Wildman–Crippen LogP) is 5.55. The van der Waals surface area contributed by atoms with E-state index in [2.05, 4.69) is 29.7 Å². The molecule has 12 heteroatoms. The second-order valence-corrected chi connectivity index (χ2v) is 11.6. The molecule has 11 nitrogen and oxygen atoms in total. The van der Waals surface area contributed by atoms with Crippen LogP contribution in [0.1, 0.15) is 76.8 Å². The Morgan fingerprint density at radius 1 is 1.02 bits per heavy atom. The number of nitrogens with one attached hydrogen (secondary N) is 2. The van der Waals surface area contributed by atoms with E-state index < -0.39 is 23.8 Å². The number of anilines is 1. The maximum absolute atomic E-state index is 12.7. The molecule has 2 amide bonds. The lowest BCUT2D eigenvalue weighted by atomic mass is 9.88. The average molecular weight is 636 g/mol. The van der Waals surface area contributed by atoms with Crippen LogP contribution in [0.15, 0.2) is 47.6 Å². The van der Waals surface area contributed by atoms with Gasteiger partial charge in [0, 0.05) is 4.88 Å². The Balaban J connectivity index is 1.36. The maximum atomic E-state index is 12.7. The summed E-state index contributed by atoms with van der Waals surface area (Å²) in [6.07, 6.45) is 5.71. The third-order valence-electron chi connectivity index (χ3n) is 7.05. The lowest BCUT2D eigenvalue weighted by molar-refractivity contribution is -0.136. The molecule has 0 bridgehead atoms. The second-order valence-electron chi connectivity index (χ2n) is 10.5. The van der Waals surface area contributed by atoms with Crippen molar-refractivity contribution < 1.29 is 38.1 Å². The number of hydrogen-bond acceptors (Lipinski definition) is 10. The number of thiophene rings is 1. The minimum absolute atomic E-state index is 0.191. The Hall–Kier alpha value is -4.71. The molecule has 4 rings (SSSR count). The first-order chi connectivity index (χ1) is 21.7. The Morgan fingerprint density at radius 2 is 1.80 bits per heavy atom. The number of fused-ring (bicyclic) bond motifs is 1. The van der Waals surface area contributed by atoms with Gasteiger partial charge in [0.2, 0.25) is 0 Å². The average Bonchev–Trinajstić information content (AvgIpc) is 3.38. The summed E-state index contributed by atoms with van der Waals surface area (Å²) in [4.78, 5) is 51.6. The fourth-order valence-corrected chi connectivity index (χ4v) is 6.06. The molecule has 1 aromatic heterocycles. The van der Waals surface area contributed by atoms with Gasteiger partial charge in [0.1, 0.15) is 10.8 Å². The first-order valence-corrected chi connectivity index (χ1v) is 15.6. The van der Waals surface area contributed by atoms with Gasteiger partial charge < -0.3 is 24.3 Å². The van der Waals surface area contributed by atoms with Crippen molar-refractivity contribution in [1.29, 1.82) is 0 Å². The number of ether oxygens (including phenoxy) is 4. The van der Waals surface area contributed by atoms with Gasteiger partial charge in [-0.3, -0.25) is 9.59 Å². The highest BCUT2D eigenvalue weighted by Gasteiger charge is 2.30. The van der Waals surface area contributed by atoms with Crippen LogP contribution in [0.4, 0.5) is 5.00 Å². The molecular formula is C33H37N3O8S. The number of unbranched alkanes of at least 4 members (excludes halogenated alkanes) is 1. The topological polar surface area (TPSA) is 142 Å². The van der Waals surface area contributed by atoms with Gasteiger partial charge in [-0.05, 0) is 92.1 Å². The van der Waals surface area contributed by atoms with Crippen molar-refractivity contribution in [3.8, 4) is 17.2 Å². The van der Waals surface area contributed by atoms with E-state index in [4.69, 9.17) is 18.9 Å². The number of nitrogens with zero attached hydrogens (tertiary/aromatic N) is 1. The van der Waals surface area contributed by atoms with Gasteiger partial charge in [0.15, 0.2) is 11.5 Å². The summed E-state index contributed by atoms with van der Waals surface area (Å²) in [6.45, 7) is 6.73. The number of rotatable bonds is 12. The third kappa shape index (κ3) is 8.69. The number of methoxy groups -OCH3 is 1. The highest BCUT2D eigenvalue weighted by atomic mass is 32.1. The SMILES string of the molecule is CCCCOc1ccc(C(=O)Oc2ccc(/C=N\NC(=O)C(=O)Nc3sc4c(c3C(=O)OCC)CC[C@@H](C)C4)cc2OC)cc1. The number of carbonyl (C=O) groups excluding carboxylic acids is 4. The molecule has 45 heavy (non-hydrogen) atoms. The number of amides is 2. The van der Waals surface area contributed by atoms with E-state index in [0.29, 0.717) is 46.4 Å². The molecule has 0 fully saturated rings. The van der Waals surface area contributed by atoms with E-state index in [1.165, 1.54) is 30.7 Å². The molecule has 2 aromatic carbocycles. The van der Waals surface area contributed by atoms with Crippen molar-refractivity contribution >= 4 is 46.3 Å². The third-order valence-corrected chi connectivity index (χ3v) is 8.22. The zero-order chi connectivity index (χ0) is 32.3. The first-order valence-electron chi connectivity index (χ1n) is 14.8. The van der Waals surface area contributed by atoms with Crippen molar-refractivity contribution in [1.82, 2.24) is 5.43 Å².